The molecule has 32 heavy (non-hydrogen) atoms. The van der Waals surface area contributed by atoms with Gasteiger partial charge in [-0.3, -0.25) is 4.79 Å². The number of nitrogens with zero attached hydrogens (tertiary/aromatic N) is 2. The smallest absolute Gasteiger partial charge is 0.340 e. The van der Waals surface area contributed by atoms with Gasteiger partial charge in [-0.15, -0.1) is 10.2 Å². The highest BCUT2D eigenvalue weighted by Crippen LogP contribution is 2.22. The Hall–Kier alpha value is -3.68. The van der Waals surface area contributed by atoms with Crippen LogP contribution < -0.4 is 5.32 Å². The second-order valence-electron chi connectivity index (χ2n) is 6.59. The molecule has 0 radical (unpaired) electrons. The minimum absolute atomic E-state index is 0.131. The van der Waals surface area contributed by atoms with Gasteiger partial charge in [0.25, 0.3) is 11.8 Å². The maximum absolute atomic E-state index is 12.6. The highest BCUT2D eigenvalue weighted by molar-refractivity contribution is 6.31. The van der Waals surface area contributed by atoms with Crippen molar-refractivity contribution in [2.24, 2.45) is 0 Å². The summed E-state index contributed by atoms with van der Waals surface area (Å²) in [6.07, 6.45) is 0. The van der Waals surface area contributed by atoms with Crippen LogP contribution in [0.5, 0.6) is 0 Å². The normalized spacial score (nSPS) is 10.6. The number of amides is 1. The molecule has 0 aliphatic carbocycles. The summed E-state index contributed by atoms with van der Waals surface area (Å²) in [5.41, 5.74) is 1.59. The van der Waals surface area contributed by atoms with Crippen LogP contribution in [-0.2, 0) is 11.3 Å². The number of carbonyl (C=O) groups is 2. The van der Waals surface area contributed by atoms with Crippen molar-refractivity contribution in [3.05, 3.63) is 99.9 Å². The van der Waals surface area contributed by atoms with Gasteiger partial charge in [0.2, 0.25) is 5.89 Å². The number of rotatable bonds is 6. The van der Waals surface area contributed by atoms with Gasteiger partial charge in [0.1, 0.15) is 0 Å². The van der Waals surface area contributed by atoms with Crippen LogP contribution in [0, 0.1) is 0 Å². The number of anilines is 1. The Morgan fingerprint density at radius 2 is 1.53 bits per heavy atom. The van der Waals surface area contributed by atoms with Crippen molar-refractivity contribution in [1.82, 2.24) is 10.2 Å². The number of carbonyl (C=O) groups excluding carboxylic acids is 2. The first-order valence-corrected chi connectivity index (χ1v) is 10.2. The number of hydrogen-bond donors (Lipinski definition) is 1. The van der Waals surface area contributed by atoms with E-state index in [0.717, 1.165) is 0 Å². The largest absolute Gasteiger partial charge is 0.452 e. The maximum Gasteiger partial charge on any atom is 0.340 e. The van der Waals surface area contributed by atoms with Gasteiger partial charge in [-0.05, 0) is 60.7 Å². The number of ether oxygens (including phenoxy) is 1. The third-order valence-corrected chi connectivity index (χ3v) is 4.89. The van der Waals surface area contributed by atoms with Crippen molar-refractivity contribution >= 4 is 40.8 Å². The van der Waals surface area contributed by atoms with Crippen LogP contribution in [0.25, 0.3) is 11.5 Å². The predicted molar refractivity (Wildman–Crippen MR) is 120 cm³/mol. The van der Waals surface area contributed by atoms with Gasteiger partial charge in [-0.25, -0.2) is 4.79 Å². The van der Waals surface area contributed by atoms with Gasteiger partial charge in [-0.2, -0.15) is 0 Å². The quantitative estimate of drug-likeness (QED) is 0.368. The van der Waals surface area contributed by atoms with E-state index < -0.39 is 5.97 Å². The van der Waals surface area contributed by atoms with E-state index in [0.29, 0.717) is 26.9 Å². The Bertz CT molecular complexity index is 1250. The highest BCUT2D eigenvalue weighted by atomic mass is 35.5. The molecule has 0 aliphatic rings. The molecule has 1 amide bonds. The van der Waals surface area contributed by atoms with Crippen LogP contribution in [0.4, 0.5) is 5.69 Å². The molecule has 0 saturated heterocycles. The van der Waals surface area contributed by atoms with Crippen molar-refractivity contribution in [3.63, 3.8) is 0 Å². The Labute approximate surface area is 192 Å². The molecular formula is C23H15Cl2N3O4. The Morgan fingerprint density at radius 3 is 2.25 bits per heavy atom. The fourth-order valence-electron chi connectivity index (χ4n) is 2.79. The number of esters is 1. The van der Waals surface area contributed by atoms with Crippen LogP contribution in [0.3, 0.4) is 0 Å². The molecule has 3 aromatic carbocycles. The van der Waals surface area contributed by atoms with Gasteiger partial charge in [0, 0.05) is 21.2 Å². The molecule has 0 unspecified atom stereocenters. The zero-order chi connectivity index (χ0) is 22.5. The van der Waals surface area contributed by atoms with Gasteiger partial charge >= 0.3 is 5.97 Å². The maximum atomic E-state index is 12.6. The molecule has 0 fully saturated rings. The molecule has 9 heteroatoms. The van der Waals surface area contributed by atoms with Crippen molar-refractivity contribution in [2.75, 3.05) is 5.32 Å². The molecule has 7 nitrogen and oxygen atoms in total. The zero-order valence-corrected chi connectivity index (χ0v) is 17.9. The first-order valence-electron chi connectivity index (χ1n) is 9.41. The van der Waals surface area contributed by atoms with Crippen molar-refractivity contribution in [1.29, 1.82) is 0 Å². The molecule has 0 bridgehead atoms. The number of para-hydroxylation sites is 1. The third-order valence-electron chi connectivity index (χ3n) is 4.39. The summed E-state index contributed by atoms with van der Waals surface area (Å²) in [5, 5.41) is 11.7. The van der Waals surface area contributed by atoms with E-state index in [1.807, 2.05) is 0 Å². The minimum Gasteiger partial charge on any atom is -0.452 e. The molecule has 1 aromatic heterocycles. The fourth-order valence-corrected chi connectivity index (χ4v) is 3.04. The summed E-state index contributed by atoms with van der Waals surface area (Å²) in [6, 6.07) is 19.8. The van der Waals surface area contributed by atoms with Crippen LogP contribution >= 0.6 is 23.2 Å². The van der Waals surface area contributed by atoms with Gasteiger partial charge in [-0.1, -0.05) is 35.3 Å². The predicted octanol–water partition coefficient (Wildman–Crippen LogP) is 5.65. The number of benzene rings is 3. The van der Waals surface area contributed by atoms with Crippen molar-refractivity contribution in [3.8, 4) is 11.5 Å². The van der Waals surface area contributed by atoms with E-state index in [1.165, 1.54) is 0 Å². The summed E-state index contributed by atoms with van der Waals surface area (Å²) in [7, 11) is 0. The average molecular weight is 468 g/mol. The lowest BCUT2D eigenvalue weighted by molar-refractivity contribution is 0.0440. The summed E-state index contributed by atoms with van der Waals surface area (Å²) < 4.78 is 10.8. The van der Waals surface area contributed by atoms with E-state index in [4.69, 9.17) is 32.4 Å². The van der Waals surface area contributed by atoms with Gasteiger partial charge in [0.05, 0.1) is 11.3 Å². The number of halogens is 2. The zero-order valence-electron chi connectivity index (χ0n) is 16.4. The molecule has 4 aromatic rings. The van der Waals surface area contributed by atoms with Crippen LogP contribution in [0.15, 0.2) is 77.2 Å². The number of hydrogen-bond acceptors (Lipinski definition) is 6. The average Bonchev–Trinajstić information content (AvgIpc) is 3.28. The molecule has 4 rings (SSSR count). The summed E-state index contributed by atoms with van der Waals surface area (Å²) in [5.74, 6) is -0.621. The van der Waals surface area contributed by atoms with Crippen molar-refractivity contribution < 1.29 is 18.7 Å². The second-order valence-corrected chi connectivity index (χ2v) is 7.46. The highest BCUT2D eigenvalue weighted by Gasteiger charge is 2.17. The molecule has 160 valence electrons. The lowest BCUT2D eigenvalue weighted by Gasteiger charge is -2.10. The molecule has 0 spiro atoms. The Morgan fingerprint density at radius 1 is 0.875 bits per heavy atom. The van der Waals surface area contributed by atoms with E-state index >= 15 is 0 Å². The second kappa shape index (κ2) is 9.64. The fraction of sp³-hybridized carbons (Fsp3) is 0.0435. The Kier molecular flexibility index (Phi) is 6.49. The topological polar surface area (TPSA) is 94.3 Å². The van der Waals surface area contributed by atoms with Crippen molar-refractivity contribution in [2.45, 2.75) is 6.61 Å². The van der Waals surface area contributed by atoms with E-state index in [1.54, 1.807) is 72.8 Å². The van der Waals surface area contributed by atoms with Crippen LogP contribution in [0.2, 0.25) is 10.0 Å². The molecular weight excluding hydrogens is 453 g/mol. The Balaban J connectivity index is 1.42. The lowest BCUT2D eigenvalue weighted by atomic mass is 10.1. The summed E-state index contributed by atoms with van der Waals surface area (Å²) in [4.78, 5) is 25.1. The van der Waals surface area contributed by atoms with Gasteiger partial charge < -0.3 is 14.5 Å². The minimum atomic E-state index is -0.650. The molecule has 1 heterocycles. The van der Waals surface area contributed by atoms with E-state index in [-0.39, 0.29) is 29.9 Å². The van der Waals surface area contributed by atoms with E-state index in [9.17, 15) is 9.59 Å². The van der Waals surface area contributed by atoms with Crippen LogP contribution in [-0.4, -0.2) is 22.1 Å². The molecule has 0 saturated carbocycles. The monoisotopic (exact) mass is 467 g/mol. The first kappa shape index (κ1) is 21.5. The standard InChI is InChI=1S/C23H15Cl2N3O4/c24-16-9-5-14(6-10-16)21(29)26-19-4-2-1-3-18(19)23(30)31-13-20-27-28-22(32-20)15-7-11-17(25)12-8-15/h1-12H,13H2,(H,26,29). The van der Waals surface area contributed by atoms with Crippen LogP contribution in [0.1, 0.15) is 26.6 Å². The lowest BCUT2D eigenvalue weighted by Crippen LogP contribution is -2.15. The molecule has 1 N–H and O–H groups in total. The summed E-state index contributed by atoms with van der Waals surface area (Å²) >= 11 is 11.7. The van der Waals surface area contributed by atoms with E-state index in [2.05, 4.69) is 15.5 Å². The first-order chi connectivity index (χ1) is 15.5. The van der Waals surface area contributed by atoms with Gasteiger partial charge in [0.15, 0.2) is 6.61 Å². The molecule has 0 atom stereocenters. The SMILES string of the molecule is O=C(Nc1ccccc1C(=O)OCc1nnc(-c2ccc(Cl)cc2)o1)c1ccc(Cl)cc1. The third kappa shape index (κ3) is 5.14. The number of aromatic nitrogens is 2. The molecule has 0 aliphatic heterocycles. The summed E-state index contributed by atoms with van der Waals surface area (Å²) in [6.45, 7) is -0.223. The number of nitrogens with one attached hydrogen (secondary N) is 1.